The summed E-state index contributed by atoms with van der Waals surface area (Å²) in [5.41, 5.74) is 6.60. The van der Waals surface area contributed by atoms with Crippen molar-refractivity contribution >= 4 is 27.5 Å². The first-order valence-electron chi connectivity index (χ1n) is 8.75. The van der Waals surface area contributed by atoms with Crippen LogP contribution in [0.25, 0.3) is 0 Å². The van der Waals surface area contributed by atoms with E-state index in [4.69, 9.17) is 5.73 Å². The second-order valence-corrected chi connectivity index (χ2v) is 8.61. The standard InChI is InChI=1S/C18H24N4O4S/c1-27(25,26)22-13-8-6-12(7-9-13)10-14(11-19)21-18(24)16-5-3-2-4-15(16)17(20)23/h6-9,14-16,22H,2-5,10H2,1H3,(H2,20,23)(H,21,24)/t14-,15-,16+/m0/s1. The molecule has 0 bridgehead atoms. The summed E-state index contributed by atoms with van der Waals surface area (Å²) in [6, 6.07) is 7.88. The highest BCUT2D eigenvalue weighted by Crippen LogP contribution is 2.30. The molecule has 1 aliphatic carbocycles. The zero-order chi connectivity index (χ0) is 20.0. The van der Waals surface area contributed by atoms with Crippen molar-refractivity contribution in [2.24, 2.45) is 17.6 Å². The molecule has 0 heterocycles. The van der Waals surface area contributed by atoms with Crippen molar-refractivity contribution in [3.63, 3.8) is 0 Å². The molecule has 2 amide bonds. The van der Waals surface area contributed by atoms with Crippen LogP contribution in [0.4, 0.5) is 5.69 Å². The Kier molecular flexibility index (Phi) is 6.80. The molecule has 8 nitrogen and oxygen atoms in total. The second-order valence-electron chi connectivity index (χ2n) is 6.87. The molecule has 0 spiro atoms. The van der Waals surface area contributed by atoms with Gasteiger partial charge in [-0.05, 0) is 30.5 Å². The normalized spacial score (nSPS) is 20.9. The number of nitrogens with two attached hydrogens (primary N) is 1. The van der Waals surface area contributed by atoms with Crippen molar-refractivity contribution in [3.05, 3.63) is 29.8 Å². The van der Waals surface area contributed by atoms with Crippen LogP contribution in [-0.4, -0.2) is 32.5 Å². The smallest absolute Gasteiger partial charge is 0.229 e. The van der Waals surface area contributed by atoms with E-state index in [-0.39, 0.29) is 12.3 Å². The maximum absolute atomic E-state index is 12.5. The summed E-state index contributed by atoms with van der Waals surface area (Å²) in [5.74, 6) is -1.77. The van der Waals surface area contributed by atoms with Crippen LogP contribution in [0.1, 0.15) is 31.2 Å². The van der Waals surface area contributed by atoms with Gasteiger partial charge in [0.2, 0.25) is 21.8 Å². The number of primary amides is 1. The number of nitrogens with zero attached hydrogens (tertiary/aromatic N) is 1. The number of amides is 2. The maximum Gasteiger partial charge on any atom is 0.229 e. The van der Waals surface area contributed by atoms with E-state index in [0.29, 0.717) is 18.5 Å². The molecule has 1 aliphatic rings. The summed E-state index contributed by atoms with van der Waals surface area (Å²) in [4.78, 5) is 24.1. The Hall–Kier alpha value is -2.60. The van der Waals surface area contributed by atoms with E-state index in [2.05, 4.69) is 16.1 Å². The number of anilines is 1. The lowest BCUT2D eigenvalue weighted by Gasteiger charge is -2.29. The lowest BCUT2D eigenvalue weighted by atomic mass is 9.78. The minimum absolute atomic E-state index is 0.273. The lowest BCUT2D eigenvalue weighted by Crippen LogP contribution is -2.45. The first-order valence-corrected chi connectivity index (χ1v) is 10.6. The molecule has 0 aromatic heterocycles. The third-order valence-corrected chi connectivity index (χ3v) is 5.24. The average Bonchev–Trinajstić information content (AvgIpc) is 2.61. The van der Waals surface area contributed by atoms with Crippen LogP contribution in [0.5, 0.6) is 0 Å². The first-order chi connectivity index (χ1) is 12.7. The van der Waals surface area contributed by atoms with Crippen LogP contribution in [0.2, 0.25) is 0 Å². The van der Waals surface area contributed by atoms with Crippen molar-refractivity contribution in [1.29, 1.82) is 5.26 Å². The number of hydrogen-bond acceptors (Lipinski definition) is 5. The van der Waals surface area contributed by atoms with Crippen molar-refractivity contribution < 1.29 is 18.0 Å². The summed E-state index contributed by atoms with van der Waals surface area (Å²) in [7, 11) is -3.36. The molecule has 1 fully saturated rings. The largest absolute Gasteiger partial charge is 0.369 e. The van der Waals surface area contributed by atoms with Gasteiger partial charge in [0, 0.05) is 23.9 Å². The molecule has 0 aliphatic heterocycles. The predicted molar refractivity (Wildman–Crippen MR) is 101 cm³/mol. The van der Waals surface area contributed by atoms with E-state index in [0.717, 1.165) is 24.7 Å². The highest BCUT2D eigenvalue weighted by atomic mass is 32.2. The number of nitriles is 1. The fourth-order valence-electron chi connectivity index (χ4n) is 3.35. The number of benzene rings is 1. The molecule has 9 heteroatoms. The van der Waals surface area contributed by atoms with E-state index >= 15 is 0 Å². The third kappa shape index (κ3) is 6.25. The molecule has 146 valence electrons. The van der Waals surface area contributed by atoms with Crippen LogP contribution in [-0.2, 0) is 26.0 Å². The van der Waals surface area contributed by atoms with Crippen molar-refractivity contribution in [3.8, 4) is 6.07 Å². The van der Waals surface area contributed by atoms with Crippen molar-refractivity contribution in [2.75, 3.05) is 11.0 Å². The Labute approximate surface area is 159 Å². The van der Waals surface area contributed by atoms with E-state index in [1.807, 2.05) is 0 Å². The average molecular weight is 392 g/mol. The molecule has 0 unspecified atom stereocenters. The van der Waals surface area contributed by atoms with E-state index in [1.54, 1.807) is 24.3 Å². The van der Waals surface area contributed by atoms with Gasteiger partial charge in [0.05, 0.1) is 12.3 Å². The Bertz CT molecular complexity index is 830. The summed E-state index contributed by atoms with van der Waals surface area (Å²) < 4.78 is 24.8. The number of carbonyl (C=O) groups is 2. The Morgan fingerprint density at radius 3 is 2.33 bits per heavy atom. The Morgan fingerprint density at radius 1 is 1.22 bits per heavy atom. The van der Waals surface area contributed by atoms with E-state index in [9.17, 15) is 23.3 Å². The SMILES string of the molecule is CS(=O)(=O)Nc1ccc(C[C@@H](C#N)NC(=O)[C@@H]2CCCC[C@@H]2C(N)=O)cc1. The van der Waals surface area contributed by atoms with Crippen LogP contribution in [0, 0.1) is 23.2 Å². The van der Waals surface area contributed by atoms with Gasteiger partial charge in [0.1, 0.15) is 6.04 Å². The zero-order valence-electron chi connectivity index (χ0n) is 15.1. The molecular formula is C18H24N4O4S. The van der Waals surface area contributed by atoms with Gasteiger partial charge in [-0.15, -0.1) is 0 Å². The summed E-state index contributed by atoms with van der Waals surface area (Å²) in [6.07, 6.45) is 4.24. The van der Waals surface area contributed by atoms with Gasteiger partial charge in [-0.2, -0.15) is 5.26 Å². The van der Waals surface area contributed by atoms with Crippen molar-refractivity contribution in [2.45, 2.75) is 38.1 Å². The van der Waals surface area contributed by atoms with Gasteiger partial charge >= 0.3 is 0 Å². The van der Waals surface area contributed by atoms with Gasteiger partial charge in [0.15, 0.2) is 0 Å². The first kappa shape index (κ1) is 20.7. The molecular weight excluding hydrogens is 368 g/mol. The zero-order valence-corrected chi connectivity index (χ0v) is 16.0. The van der Waals surface area contributed by atoms with Gasteiger partial charge in [-0.1, -0.05) is 25.0 Å². The summed E-state index contributed by atoms with van der Waals surface area (Å²) in [5, 5.41) is 12.1. The highest BCUT2D eigenvalue weighted by Gasteiger charge is 2.35. The number of nitrogens with one attached hydrogen (secondary N) is 2. The Morgan fingerprint density at radius 2 is 1.81 bits per heavy atom. The molecule has 0 saturated heterocycles. The van der Waals surface area contributed by atoms with Crippen LogP contribution >= 0.6 is 0 Å². The molecule has 4 N–H and O–H groups in total. The van der Waals surface area contributed by atoms with Crippen molar-refractivity contribution in [1.82, 2.24) is 5.32 Å². The number of carbonyl (C=O) groups excluding carboxylic acids is 2. The molecule has 0 radical (unpaired) electrons. The summed E-state index contributed by atoms with van der Waals surface area (Å²) in [6.45, 7) is 0. The van der Waals surface area contributed by atoms with E-state index < -0.39 is 33.8 Å². The van der Waals surface area contributed by atoms with Gasteiger partial charge in [-0.3, -0.25) is 14.3 Å². The monoisotopic (exact) mass is 392 g/mol. The predicted octanol–water partition coefficient (Wildman–Crippen LogP) is 0.901. The highest BCUT2D eigenvalue weighted by molar-refractivity contribution is 7.92. The molecule has 2 rings (SSSR count). The van der Waals surface area contributed by atoms with E-state index in [1.165, 1.54) is 0 Å². The number of sulfonamides is 1. The molecule has 1 saturated carbocycles. The number of rotatable bonds is 7. The minimum Gasteiger partial charge on any atom is -0.369 e. The third-order valence-electron chi connectivity index (χ3n) is 4.64. The minimum atomic E-state index is -3.36. The fraction of sp³-hybridized carbons (Fsp3) is 0.500. The van der Waals surface area contributed by atoms with Gasteiger partial charge in [0.25, 0.3) is 0 Å². The van der Waals surface area contributed by atoms with Crippen LogP contribution < -0.4 is 15.8 Å². The topological polar surface area (TPSA) is 142 Å². The van der Waals surface area contributed by atoms with Crippen LogP contribution in [0.3, 0.4) is 0 Å². The lowest BCUT2D eigenvalue weighted by molar-refractivity contribution is -0.135. The quantitative estimate of drug-likeness (QED) is 0.632. The second kappa shape index (κ2) is 8.86. The fourth-order valence-corrected chi connectivity index (χ4v) is 3.92. The van der Waals surface area contributed by atoms with Crippen LogP contribution in [0.15, 0.2) is 24.3 Å². The molecule has 1 aromatic carbocycles. The molecule has 3 atom stereocenters. The summed E-state index contributed by atoms with van der Waals surface area (Å²) >= 11 is 0. The van der Waals surface area contributed by atoms with Gasteiger partial charge < -0.3 is 11.1 Å². The molecule has 1 aromatic rings. The van der Waals surface area contributed by atoms with Gasteiger partial charge in [-0.25, -0.2) is 8.42 Å². The Balaban J connectivity index is 1.99. The maximum atomic E-state index is 12.5. The number of hydrogen-bond donors (Lipinski definition) is 3. The molecule has 27 heavy (non-hydrogen) atoms.